The van der Waals surface area contributed by atoms with Gasteiger partial charge in [-0.3, -0.25) is 14.5 Å². The van der Waals surface area contributed by atoms with Crippen LogP contribution in [0.25, 0.3) is 0 Å². The summed E-state index contributed by atoms with van der Waals surface area (Å²) in [4.78, 5) is 9.26. The molecule has 4 rings (SSSR count). The fraction of sp³-hybridized carbons (Fsp3) is 0.556. The van der Waals surface area contributed by atoms with Crippen molar-refractivity contribution in [1.29, 1.82) is 0 Å². The lowest BCUT2D eigenvalue weighted by Gasteiger charge is -2.41. The molecule has 1 atom stereocenters. The summed E-state index contributed by atoms with van der Waals surface area (Å²) in [6.45, 7) is 6.76. The quantitative estimate of drug-likeness (QED) is 0.856. The molecule has 1 aromatic carbocycles. The van der Waals surface area contributed by atoms with Crippen LogP contribution in [0.3, 0.4) is 0 Å². The van der Waals surface area contributed by atoms with Crippen molar-refractivity contribution in [2.45, 2.75) is 31.8 Å². The zero-order valence-corrected chi connectivity index (χ0v) is 13.6. The minimum Gasteiger partial charge on any atom is -0.299 e. The maximum absolute atomic E-state index is 4.18. The van der Waals surface area contributed by atoms with Gasteiger partial charge >= 0.3 is 0 Å². The van der Waals surface area contributed by atoms with Gasteiger partial charge in [0.25, 0.3) is 0 Å². The zero-order valence-electron chi connectivity index (χ0n) is 13.6. The van der Waals surface area contributed by atoms with E-state index in [4.69, 9.17) is 0 Å². The minimum atomic E-state index is 0.738. The van der Waals surface area contributed by atoms with Crippen LogP contribution in [0.1, 0.15) is 17.5 Å². The molecule has 23 heavy (non-hydrogen) atoms. The van der Waals surface area contributed by atoms with Gasteiger partial charge < -0.3 is 0 Å². The summed E-state index contributed by atoms with van der Waals surface area (Å²) >= 11 is 0. The number of aryl methyl sites for hydroxylation is 1. The summed E-state index contributed by atoms with van der Waals surface area (Å²) < 4.78 is 1.92. The Labute approximate surface area is 137 Å². The lowest BCUT2D eigenvalue weighted by Crippen LogP contribution is -2.52. The molecule has 5 nitrogen and oxygen atoms in total. The average molecular weight is 311 g/mol. The zero-order chi connectivity index (χ0) is 15.5. The molecule has 2 aromatic rings. The van der Waals surface area contributed by atoms with Gasteiger partial charge in [-0.25, -0.2) is 4.98 Å². The number of hydrogen-bond donors (Lipinski definition) is 0. The van der Waals surface area contributed by atoms with Crippen molar-refractivity contribution in [2.24, 2.45) is 0 Å². The first-order chi connectivity index (χ1) is 11.4. The van der Waals surface area contributed by atoms with Crippen LogP contribution in [-0.4, -0.2) is 63.3 Å². The molecule has 1 fully saturated rings. The Morgan fingerprint density at radius 2 is 1.83 bits per heavy atom. The molecular weight excluding hydrogens is 286 g/mol. The Hall–Kier alpha value is -1.72. The second-order valence-corrected chi connectivity index (χ2v) is 6.70. The number of rotatable bonds is 4. The van der Waals surface area contributed by atoms with E-state index < -0.39 is 0 Å². The number of fused-ring (bicyclic) bond motifs is 1. The Bertz CT molecular complexity index is 616. The van der Waals surface area contributed by atoms with E-state index in [0.717, 1.165) is 19.1 Å². The summed E-state index contributed by atoms with van der Waals surface area (Å²) in [5.74, 6) is 0. The molecule has 5 heteroatoms. The Balaban J connectivity index is 1.27. The van der Waals surface area contributed by atoms with E-state index in [1.165, 1.54) is 45.4 Å². The first kappa shape index (κ1) is 14.8. The number of aromatic nitrogens is 3. The number of piperazine rings is 1. The molecular formula is C18H25N5. The highest BCUT2D eigenvalue weighted by molar-refractivity contribution is 5.30. The highest BCUT2D eigenvalue weighted by Crippen LogP contribution is 2.25. The van der Waals surface area contributed by atoms with Crippen LogP contribution in [0.4, 0.5) is 0 Å². The Morgan fingerprint density at radius 3 is 2.61 bits per heavy atom. The van der Waals surface area contributed by atoms with Gasteiger partial charge in [0.15, 0.2) is 0 Å². The third-order valence-corrected chi connectivity index (χ3v) is 5.36. The van der Waals surface area contributed by atoms with Gasteiger partial charge in [0.2, 0.25) is 0 Å². The van der Waals surface area contributed by atoms with Gasteiger partial charge in [0, 0.05) is 38.8 Å². The van der Waals surface area contributed by atoms with Crippen LogP contribution in [0, 0.1) is 0 Å². The predicted molar refractivity (Wildman–Crippen MR) is 90.3 cm³/mol. The topological polar surface area (TPSA) is 37.2 Å². The van der Waals surface area contributed by atoms with Gasteiger partial charge in [-0.2, -0.15) is 5.10 Å². The van der Waals surface area contributed by atoms with Crippen molar-refractivity contribution in [3.63, 3.8) is 0 Å². The van der Waals surface area contributed by atoms with Crippen LogP contribution in [0.2, 0.25) is 0 Å². The number of benzene rings is 1. The van der Waals surface area contributed by atoms with Gasteiger partial charge in [-0.15, -0.1) is 0 Å². The lowest BCUT2D eigenvalue weighted by molar-refractivity contribution is 0.0870. The highest BCUT2D eigenvalue weighted by Gasteiger charge is 2.26. The van der Waals surface area contributed by atoms with E-state index in [1.807, 2.05) is 4.68 Å². The van der Waals surface area contributed by atoms with Crippen LogP contribution in [0.15, 0.2) is 36.9 Å². The van der Waals surface area contributed by atoms with Crippen molar-refractivity contribution in [3.05, 3.63) is 48.0 Å². The molecule has 0 N–H and O–H groups in total. The van der Waals surface area contributed by atoms with Crippen molar-refractivity contribution in [3.8, 4) is 0 Å². The molecule has 0 radical (unpaired) electrons. The molecule has 1 aromatic heterocycles. The third-order valence-electron chi connectivity index (χ3n) is 5.36. The maximum Gasteiger partial charge on any atom is 0.137 e. The van der Waals surface area contributed by atoms with Crippen LogP contribution >= 0.6 is 0 Å². The van der Waals surface area contributed by atoms with E-state index in [-0.39, 0.29) is 0 Å². The van der Waals surface area contributed by atoms with Gasteiger partial charge in [-0.05, 0) is 30.4 Å². The standard InChI is InChI=1S/C18H25N5/c1-2-4-17-13-18(6-5-16(17)3-1)22-10-7-21(8-11-22)9-12-23-15-19-14-20-23/h1-4,14-15,18H,5-13H2/t18-/m1/s1. The van der Waals surface area contributed by atoms with Crippen molar-refractivity contribution >= 4 is 0 Å². The van der Waals surface area contributed by atoms with Crippen molar-refractivity contribution in [2.75, 3.05) is 32.7 Å². The maximum atomic E-state index is 4.18. The van der Waals surface area contributed by atoms with Gasteiger partial charge in [-0.1, -0.05) is 24.3 Å². The third kappa shape index (κ3) is 3.46. The van der Waals surface area contributed by atoms with E-state index >= 15 is 0 Å². The highest BCUT2D eigenvalue weighted by atomic mass is 15.3. The molecule has 0 bridgehead atoms. The van der Waals surface area contributed by atoms with Gasteiger partial charge in [0.1, 0.15) is 12.7 Å². The fourth-order valence-electron chi connectivity index (χ4n) is 3.93. The van der Waals surface area contributed by atoms with Crippen LogP contribution in [0.5, 0.6) is 0 Å². The molecule has 0 unspecified atom stereocenters. The van der Waals surface area contributed by atoms with E-state index in [1.54, 1.807) is 23.8 Å². The second-order valence-electron chi connectivity index (χ2n) is 6.70. The molecule has 2 heterocycles. The minimum absolute atomic E-state index is 0.738. The monoisotopic (exact) mass is 311 g/mol. The normalized spacial score (nSPS) is 22.9. The molecule has 1 saturated heterocycles. The van der Waals surface area contributed by atoms with Crippen LogP contribution < -0.4 is 0 Å². The lowest BCUT2D eigenvalue weighted by atomic mass is 9.87. The van der Waals surface area contributed by atoms with E-state index in [2.05, 4.69) is 44.1 Å². The molecule has 0 spiro atoms. The van der Waals surface area contributed by atoms with Crippen LogP contribution in [-0.2, 0) is 19.4 Å². The molecule has 0 amide bonds. The molecule has 0 saturated carbocycles. The molecule has 122 valence electrons. The smallest absolute Gasteiger partial charge is 0.137 e. The largest absolute Gasteiger partial charge is 0.299 e. The van der Waals surface area contributed by atoms with E-state index in [9.17, 15) is 0 Å². The first-order valence-electron chi connectivity index (χ1n) is 8.74. The van der Waals surface area contributed by atoms with Crippen molar-refractivity contribution in [1.82, 2.24) is 24.6 Å². The summed E-state index contributed by atoms with van der Waals surface area (Å²) in [5.41, 5.74) is 3.13. The summed E-state index contributed by atoms with van der Waals surface area (Å²) in [5, 5.41) is 4.18. The Kier molecular flexibility index (Phi) is 4.39. The molecule has 1 aliphatic heterocycles. The molecule has 2 aliphatic rings. The van der Waals surface area contributed by atoms with E-state index in [0.29, 0.717) is 0 Å². The Morgan fingerprint density at radius 1 is 1.00 bits per heavy atom. The molecule has 1 aliphatic carbocycles. The number of nitrogens with zero attached hydrogens (tertiary/aromatic N) is 5. The predicted octanol–water partition coefficient (Wildman–Crippen LogP) is 1.45. The number of hydrogen-bond acceptors (Lipinski definition) is 4. The SMILES string of the molecule is c1ccc2c(c1)CC[C@@H](N1CCN(CCn3cncn3)CC1)C2. The van der Waals surface area contributed by atoms with Crippen molar-refractivity contribution < 1.29 is 0 Å². The second kappa shape index (κ2) is 6.81. The summed E-state index contributed by atoms with van der Waals surface area (Å²) in [6.07, 6.45) is 7.20. The first-order valence-corrected chi connectivity index (χ1v) is 8.74. The fourth-order valence-corrected chi connectivity index (χ4v) is 3.93. The summed E-state index contributed by atoms with van der Waals surface area (Å²) in [6, 6.07) is 9.71. The average Bonchev–Trinajstić information content (AvgIpc) is 3.14. The van der Waals surface area contributed by atoms with Gasteiger partial charge in [0.05, 0.1) is 6.54 Å². The summed E-state index contributed by atoms with van der Waals surface area (Å²) in [7, 11) is 0.